The maximum Gasteiger partial charge on any atom is 0.269 e. The number of hydrogen-bond acceptors (Lipinski definition) is 3. The largest absolute Gasteiger partial charge is 0.497 e. The summed E-state index contributed by atoms with van der Waals surface area (Å²) >= 11 is 0. The van der Waals surface area contributed by atoms with Crippen LogP contribution in [0, 0.1) is 6.92 Å². The maximum absolute atomic E-state index is 11.8. The van der Waals surface area contributed by atoms with E-state index in [0.717, 1.165) is 22.7 Å². The highest BCUT2D eigenvalue weighted by Crippen LogP contribution is 2.16. The van der Waals surface area contributed by atoms with Gasteiger partial charge in [-0.25, -0.2) is 0 Å². The Morgan fingerprint density at radius 2 is 2.00 bits per heavy atom. The lowest BCUT2D eigenvalue weighted by Crippen LogP contribution is -2.14. The smallest absolute Gasteiger partial charge is 0.269 e. The van der Waals surface area contributed by atoms with Crippen LogP contribution in [0.3, 0.4) is 0 Å². The number of aromatic amines is 1. The Morgan fingerprint density at radius 3 is 2.56 bits per heavy atom. The van der Waals surface area contributed by atoms with Crippen molar-refractivity contribution in [1.82, 2.24) is 15.1 Å². The van der Waals surface area contributed by atoms with E-state index in [9.17, 15) is 4.79 Å². The molecule has 1 heterocycles. The second kappa shape index (κ2) is 5.10. The van der Waals surface area contributed by atoms with Gasteiger partial charge in [-0.1, -0.05) is 0 Å². The highest BCUT2D eigenvalue weighted by molar-refractivity contribution is 5.39. The molecule has 0 atom stereocenters. The standard InChI is InChI=1S/C13H17N3O2/c1-9-12(8-14-2)13(17)15-16(9)10-4-6-11(18-3)7-5-10/h4-7,14H,8H2,1-3H3,(H,15,17). The van der Waals surface area contributed by atoms with Crippen LogP contribution in [0.2, 0.25) is 0 Å². The molecule has 0 saturated carbocycles. The second-order valence-electron chi connectivity index (χ2n) is 4.07. The fraction of sp³-hybridized carbons (Fsp3) is 0.308. The van der Waals surface area contributed by atoms with Crippen LogP contribution in [0.4, 0.5) is 0 Å². The van der Waals surface area contributed by atoms with Gasteiger partial charge in [-0.15, -0.1) is 0 Å². The Morgan fingerprint density at radius 1 is 1.33 bits per heavy atom. The summed E-state index contributed by atoms with van der Waals surface area (Å²) in [5.41, 5.74) is 2.53. The molecular formula is C13H17N3O2. The van der Waals surface area contributed by atoms with Crippen molar-refractivity contribution in [3.63, 3.8) is 0 Å². The topological polar surface area (TPSA) is 59.1 Å². The third-order valence-electron chi connectivity index (χ3n) is 2.94. The van der Waals surface area contributed by atoms with Crippen LogP contribution in [-0.2, 0) is 6.54 Å². The summed E-state index contributed by atoms with van der Waals surface area (Å²) in [6.07, 6.45) is 0. The van der Waals surface area contributed by atoms with E-state index in [-0.39, 0.29) is 5.56 Å². The van der Waals surface area contributed by atoms with Gasteiger partial charge in [0.25, 0.3) is 5.56 Å². The van der Waals surface area contributed by atoms with E-state index in [2.05, 4.69) is 10.4 Å². The average Bonchev–Trinajstić information content (AvgIpc) is 2.67. The van der Waals surface area contributed by atoms with Crippen molar-refractivity contribution in [2.24, 2.45) is 0 Å². The molecule has 2 aromatic rings. The number of H-pyrrole nitrogens is 1. The Kier molecular flexibility index (Phi) is 3.53. The van der Waals surface area contributed by atoms with Gasteiger partial charge in [0, 0.05) is 12.2 Å². The minimum Gasteiger partial charge on any atom is -0.497 e. The molecule has 2 rings (SSSR count). The molecule has 0 radical (unpaired) electrons. The molecule has 0 unspecified atom stereocenters. The molecule has 0 aliphatic carbocycles. The summed E-state index contributed by atoms with van der Waals surface area (Å²) in [6, 6.07) is 7.55. The predicted octanol–water partition coefficient (Wildman–Crippen LogP) is 1.20. The molecule has 5 heteroatoms. The zero-order valence-electron chi connectivity index (χ0n) is 10.8. The van der Waals surface area contributed by atoms with Gasteiger partial charge in [-0.05, 0) is 38.2 Å². The Balaban J connectivity index is 2.44. The number of ether oxygens (including phenoxy) is 1. The molecule has 2 N–H and O–H groups in total. The predicted molar refractivity (Wildman–Crippen MR) is 70.4 cm³/mol. The first kappa shape index (κ1) is 12.4. The first-order valence-corrected chi connectivity index (χ1v) is 5.77. The van der Waals surface area contributed by atoms with E-state index in [1.807, 2.05) is 38.2 Å². The van der Waals surface area contributed by atoms with Gasteiger partial charge in [-0.2, -0.15) is 0 Å². The van der Waals surface area contributed by atoms with Crippen LogP contribution in [0.1, 0.15) is 11.3 Å². The SMILES string of the molecule is CNCc1c(C)n(-c2ccc(OC)cc2)[nH]c1=O. The van der Waals surface area contributed by atoms with Crippen molar-refractivity contribution in [3.05, 3.63) is 45.9 Å². The number of nitrogens with zero attached hydrogens (tertiary/aromatic N) is 1. The first-order chi connectivity index (χ1) is 8.67. The Hall–Kier alpha value is -2.01. The molecule has 0 fully saturated rings. The fourth-order valence-corrected chi connectivity index (χ4v) is 1.93. The van der Waals surface area contributed by atoms with Gasteiger partial charge >= 0.3 is 0 Å². The van der Waals surface area contributed by atoms with Crippen molar-refractivity contribution in [3.8, 4) is 11.4 Å². The minimum atomic E-state index is -0.0577. The van der Waals surface area contributed by atoms with Crippen molar-refractivity contribution in [1.29, 1.82) is 0 Å². The molecule has 0 bridgehead atoms. The molecule has 96 valence electrons. The third kappa shape index (κ3) is 2.17. The summed E-state index contributed by atoms with van der Waals surface area (Å²) in [5.74, 6) is 0.793. The molecule has 0 saturated heterocycles. The van der Waals surface area contributed by atoms with Gasteiger partial charge in [0.15, 0.2) is 0 Å². The molecule has 0 aliphatic heterocycles. The average molecular weight is 247 g/mol. The highest BCUT2D eigenvalue weighted by Gasteiger charge is 2.11. The van der Waals surface area contributed by atoms with E-state index in [1.54, 1.807) is 11.8 Å². The monoisotopic (exact) mass is 247 g/mol. The lowest BCUT2D eigenvalue weighted by Gasteiger charge is -2.07. The first-order valence-electron chi connectivity index (χ1n) is 5.77. The van der Waals surface area contributed by atoms with Crippen LogP contribution in [-0.4, -0.2) is 23.9 Å². The van der Waals surface area contributed by atoms with Gasteiger partial charge in [0.05, 0.1) is 18.4 Å². The van der Waals surface area contributed by atoms with E-state index in [1.165, 1.54) is 0 Å². The quantitative estimate of drug-likeness (QED) is 0.853. The zero-order chi connectivity index (χ0) is 13.1. The number of aromatic nitrogens is 2. The second-order valence-corrected chi connectivity index (χ2v) is 4.07. The van der Waals surface area contributed by atoms with E-state index in [0.29, 0.717) is 6.54 Å². The minimum absolute atomic E-state index is 0.0577. The third-order valence-corrected chi connectivity index (χ3v) is 2.94. The highest BCUT2D eigenvalue weighted by atomic mass is 16.5. The van der Waals surface area contributed by atoms with Crippen molar-refractivity contribution < 1.29 is 4.74 Å². The Bertz CT molecular complexity index is 581. The fourth-order valence-electron chi connectivity index (χ4n) is 1.93. The van der Waals surface area contributed by atoms with Crippen molar-refractivity contribution in [2.75, 3.05) is 14.2 Å². The molecule has 5 nitrogen and oxygen atoms in total. The molecule has 1 aromatic carbocycles. The lowest BCUT2D eigenvalue weighted by molar-refractivity contribution is 0.414. The van der Waals surface area contributed by atoms with Crippen LogP contribution < -0.4 is 15.6 Å². The number of rotatable bonds is 4. The number of benzene rings is 1. The van der Waals surface area contributed by atoms with Crippen LogP contribution >= 0.6 is 0 Å². The van der Waals surface area contributed by atoms with Crippen molar-refractivity contribution >= 4 is 0 Å². The summed E-state index contributed by atoms with van der Waals surface area (Å²) in [7, 11) is 3.45. The molecule has 0 amide bonds. The molecular weight excluding hydrogens is 230 g/mol. The van der Waals surface area contributed by atoms with E-state index >= 15 is 0 Å². The number of methoxy groups -OCH3 is 1. The number of hydrogen-bond donors (Lipinski definition) is 2. The summed E-state index contributed by atoms with van der Waals surface area (Å²) in [5, 5.41) is 5.83. The summed E-state index contributed by atoms with van der Waals surface area (Å²) < 4.78 is 6.90. The lowest BCUT2D eigenvalue weighted by atomic mass is 10.2. The summed E-state index contributed by atoms with van der Waals surface area (Å²) in [6.45, 7) is 2.49. The maximum atomic E-state index is 11.8. The molecule has 0 aliphatic rings. The van der Waals surface area contributed by atoms with Crippen LogP contribution in [0.15, 0.2) is 29.1 Å². The van der Waals surface area contributed by atoms with Crippen molar-refractivity contribution in [2.45, 2.75) is 13.5 Å². The van der Waals surface area contributed by atoms with Gasteiger partial charge in [-0.3, -0.25) is 14.6 Å². The number of nitrogens with one attached hydrogen (secondary N) is 2. The van der Waals surface area contributed by atoms with Gasteiger partial charge in [0.2, 0.25) is 0 Å². The van der Waals surface area contributed by atoms with E-state index < -0.39 is 0 Å². The Labute approximate surface area is 105 Å². The summed E-state index contributed by atoms with van der Waals surface area (Å²) in [4.78, 5) is 11.8. The zero-order valence-corrected chi connectivity index (χ0v) is 10.8. The molecule has 0 spiro atoms. The van der Waals surface area contributed by atoms with Crippen LogP contribution in [0.25, 0.3) is 5.69 Å². The van der Waals surface area contributed by atoms with Gasteiger partial charge < -0.3 is 10.1 Å². The van der Waals surface area contributed by atoms with Gasteiger partial charge in [0.1, 0.15) is 5.75 Å². The van der Waals surface area contributed by atoms with Crippen LogP contribution in [0.5, 0.6) is 5.75 Å². The normalized spacial score (nSPS) is 10.6. The molecule has 18 heavy (non-hydrogen) atoms. The molecule has 1 aromatic heterocycles. The van der Waals surface area contributed by atoms with E-state index in [4.69, 9.17) is 4.74 Å².